The van der Waals surface area contributed by atoms with Gasteiger partial charge in [-0.1, -0.05) is 19.9 Å². The summed E-state index contributed by atoms with van der Waals surface area (Å²) in [6, 6.07) is 0. The molecule has 1 heterocycles. The van der Waals surface area contributed by atoms with Crippen LogP contribution in [0.3, 0.4) is 0 Å². The van der Waals surface area contributed by atoms with Crippen LogP contribution in [0, 0.1) is 16.7 Å². The molecule has 0 bridgehead atoms. The van der Waals surface area contributed by atoms with Gasteiger partial charge in [-0.05, 0) is 38.7 Å². The normalized spacial score (nSPS) is 41.9. The molecular weight excluding hydrogens is 304 g/mol. The first-order valence-corrected chi connectivity index (χ1v) is 8.85. The number of esters is 1. The Bertz CT molecular complexity index is 644. The molecule has 0 spiro atoms. The van der Waals surface area contributed by atoms with Gasteiger partial charge >= 0.3 is 5.97 Å². The highest BCUT2D eigenvalue weighted by molar-refractivity contribution is 6.00. The number of Topliss-reactive ketones (excluding diaryl/α,β-unsaturated/α-hetero) is 1. The summed E-state index contributed by atoms with van der Waals surface area (Å²) in [6.45, 7) is 11.7. The van der Waals surface area contributed by atoms with Crippen LogP contribution in [0.2, 0.25) is 0 Å². The predicted molar refractivity (Wildman–Crippen MR) is 91.2 cm³/mol. The van der Waals surface area contributed by atoms with Crippen LogP contribution < -0.4 is 0 Å². The molecule has 0 aromatic rings. The number of hydrogen-bond acceptors (Lipinski definition) is 4. The van der Waals surface area contributed by atoms with Gasteiger partial charge < -0.3 is 9.84 Å². The second kappa shape index (κ2) is 5.29. The minimum Gasteiger partial charge on any atom is -0.459 e. The van der Waals surface area contributed by atoms with Gasteiger partial charge in [0.15, 0.2) is 5.78 Å². The van der Waals surface area contributed by atoms with Crippen LogP contribution in [-0.4, -0.2) is 28.6 Å². The average Bonchev–Trinajstić information content (AvgIpc) is 2.58. The number of aliphatic hydroxyl groups excluding tert-OH is 1. The van der Waals surface area contributed by atoms with E-state index in [1.807, 2.05) is 20.8 Å². The van der Waals surface area contributed by atoms with Crippen molar-refractivity contribution in [2.75, 3.05) is 0 Å². The third-order valence-corrected chi connectivity index (χ3v) is 6.67. The van der Waals surface area contributed by atoms with Crippen molar-refractivity contribution in [3.63, 3.8) is 0 Å². The van der Waals surface area contributed by atoms with Crippen LogP contribution in [0.4, 0.5) is 0 Å². The third-order valence-electron chi connectivity index (χ3n) is 6.67. The summed E-state index contributed by atoms with van der Waals surface area (Å²) in [5.41, 5.74) is -0.0182. The number of rotatable bonds is 1. The van der Waals surface area contributed by atoms with Gasteiger partial charge in [0.2, 0.25) is 0 Å². The summed E-state index contributed by atoms with van der Waals surface area (Å²) in [7, 11) is 0. The van der Waals surface area contributed by atoms with E-state index in [0.29, 0.717) is 19.3 Å². The first-order valence-electron chi connectivity index (χ1n) is 8.85. The zero-order chi connectivity index (χ0) is 17.9. The van der Waals surface area contributed by atoms with Crippen molar-refractivity contribution in [1.29, 1.82) is 0 Å². The van der Waals surface area contributed by atoms with Gasteiger partial charge in [0.25, 0.3) is 0 Å². The zero-order valence-electron chi connectivity index (χ0n) is 15.1. The molecule has 24 heavy (non-hydrogen) atoms. The quantitative estimate of drug-likeness (QED) is 0.591. The first kappa shape index (κ1) is 17.4. The van der Waals surface area contributed by atoms with E-state index in [1.165, 1.54) is 0 Å². The summed E-state index contributed by atoms with van der Waals surface area (Å²) >= 11 is 0. The second-order valence-electron chi connectivity index (χ2n) is 8.70. The summed E-state index contributed by atoms with van der Waals surface area (Å²) < 4.78 is 5.69. The molecule has 1 fully saturated rings. The highest BCUT2D eigenvalue weighted by Crippen LogP contribution is 2.58. The molecule has 0 aromatic carbocycles. The molecule has 1 aliphatic heterocycles. The van der Waals surface area contributed by atoms with E-state index in [0.717, 1.165) is 17.6 Å². The fourth-order valence-electron chi connectivity index (χ4n) is 5.36. The van der Waals surface area contributed by atoms with E-state index in [4.69, 9.17) is 4.74 Å². The molecule has 3 rings (SSSR count). The van der Waals surface area contributed by atoms with E-state index in [1.54, 1.807) is 6.08 Å². The summed E-state index contributed by atoms with van der Waals surface area (Å²) in [4.78, 5) is 25.1. The number of allylic oxidation sites excluding steroid dienone is 1. The lowest BCUT2D eigenvalue weighted by atomic mass is 9.53. The lowest BCUT2D eigenvalue weighted by molar-refractivity contribution is -0.161. The van der Waals surface area contributed by atoms with Crippen molar-refractivity contribution in [3.05, 3.63) is 23.8 Å². The average molecular weight is 332 g/mol. The van der Waals surface area contributed by atoms with Gasteiger partial charge in [-0.3, -0.25) is 9.59 Å². The molecule has 4 heteroatoms. The highest BCUT2D eigenvalue weighted by Gasteiger charge is 2.57. The number of ketones is 1. The van der Waals surface area contributed by atoms with E-state index in [9.17, 15) is 14.7 Å². The topological polar surface area (TPSA) is 63.6 Å². The van der Waals surface area contributed by atoms with Crippen LogP contribution in [0.5, 0.6) is 0 Å². The zero-order valence-corrected chi connectivity index (χ0v) is 15.1. The van der Waals surface area contributed by atoms with E-state index in [2.05, 4.69) is 13.5 Å². The number of hydrogen-bond donors (Lipinski definition) is 1. The maximum atomic E-state index is 13.1. The summed E-state index contributed by atoms with van der Waals surface area (Å²) in [6.07, 6.45) is 3.70. The minimum absolute atomic E-state index is 0.0828. The molecule has 1 N–H and O–H groups in total. The number of carbonyl (C=O) groups is 2. The Morgan fingerprint density at radius 2 is 1.88 bits per heavy atom. The van der Waals surface area contributed by atoms with Crippen molar-refractivity contribution in [1.82, 2.24) is 0 Å². The Hall–Kier alpha value is -1.42. The Labute approximate surface area is 144 Å². The molecule has 1 saturated heterocycles. The molecular formula is C20H28O4. The lowest BCUT2D eigenvalue weighted by Gasteiger charge is -2.52. The van der Waals surface area contributed by atoms with E-state index >= 15 is 0 Å². The smallest absolute Gasteiger partial charge is 0.306 e. The summed E-state index contributed by atoms with van der Waals surface area (Å²) in [5, 5.41) is 10.9. The number of carbonyl (C=O) groups excluding carboxylic acids is 2. The third kappa shape index (κ3) is 2.30. The van der Waals surface area contributed by atoms with Crippen LogP contribution in [-0.2, 0) is 14.3 Å². The Morgan fingerprint density at radius 1 is 1.21 bits per heavy atom. The van der Waals surface area contributed by atoms with E-state index < -0.39 is 22.5 Å². The van der Waals surface area contributed by atoms with E-state index in [-0.39, 0.29) is 24.1 Å². The molecule has 0 aromatic heterocycles. The SMILES string of the molecule is C=C[C@]1(C)CC(=O)C2=C(CC[C@@H]3C(C)(C)OC(=O)CC[C@@]23C)[C@@H]1O. The fraction of sp³-hybridized carbons (Fsp3) is 0.700. The number of aliphatic hydroxyl groups is 1. The highest BCUT2D eigenvalue weighted by atomic mass is 16.6. The lowest BCUT2D eigenvalue weighted by Crippen LogP contribution is -2.52. The number of fused-ring (bicyclic) bond motifs is 2. The second-order valence-corrected chi connectivity index (χ2v) is 8.70. The van der Waals surface area contributed by atoms with Crippen LogP contribution in [0.1, 0.15) is 59.8 Å². The molecule has 4 nitrogen and oxygen atoms in total. The minimum atomic E-state index is -0.677. The molecule has 4 atom stereocenters. The first-order chi connectivity index (χ1) is 11.0. The number of cyclic esters (lactones) is 1. The van der Waals surface area contributed by atoms with Gasteiger partial charge in [0, 0.05) is 35.2 Å². The Kier molecular flexibility index (Phi) is 3.83. The van der Waals surface area contributed by atoms with Gasteiger partial charge in [-0.2, -0.15) is 0 Å². The van der Waals surface area contributed by atoms with Crippen LogP contribution in [0.25, 0.3) is 0 Å². The van der Waals surface area contributed by atoms with Gasteiger partial charge in [-0.25, -0.2) is 0 Å². The van der Waals surface area contributed by atoms with Crippen molar-refractivity contribution in [2.45, 2.75) is 71.5 Å². The van der Waals surface area contributed by atoms with Gasteiger partial charge in [0.1, 0.15) is 5.60 Å². The molecule has 0 saturated carbocycles. The van der Waals surface area contributed by atoms with Crippen molar-refractivity contribution in [2.24, 2.45) is 16.7 Å². The largest absolute Gasteiger partial charge is 0.459 e. The van der Waals surface area contributed by atoms with Gasteiger partial charge in [0.05, 0.1) is 6.10 Å². The molecule has 2 aliphatic carbocycles. The van der Waals surface area contributed by atoms with Gasteiger partial charge in [-0.15, -0.1) is 6.58 Å². The Morgan fingerprint density at radius 3 is 2.50 bits per heavy atom. The summed E-state index contributed by atoms with van der Waals surface area (Å²) in [5.74, 6) is -0.0213. The molecule has 132 valence electrons. The van der Waals surface area contributed by atoms with Crippen molar-refractivity contribution in [3.8, 4) is 0 Å². The maximum Gasteiger partial charge on any atom is 0.306 e. The van der Waals surface area contributed by atoms with Crippen LogP contribution in [0.15, 0.2) is 23.8 Å². The molecule has 3 aliphatic rings. The molecule has 0 amide bonds. The predicted octanol–water partition coefficient (Wildman–Crippen LogP) is 3.34. The molecule has 0 unspecified atom stereocenters. The standard InChI is InChI=1S/C20H28O4/c1-6-19(4)11-13(21)16-12(17(19)23)7-8-14-18(2,3)24-15(22)9-10-20(14,16)5/h6,14,17,23H,1,7-11H2,2-5H3/t14-,17+,19-,20-/m1/s1. The number of ether oxygens (including phenoxy) is 1. The fourth-order valence-corrected chi connectivity index (χ4v) is 5.36. The molecule has 0 radical (unpaired) electrons. The van der Waals surface area contributed by atoms with Crippen molar-refractivity contribution >= 4 is 11.8 Å². The van der Waals surface area contributed by atoms with Crippen molar-refractivity contribution < 1.29 is 19.4 Å². The monoisotopic (exact) mass is 332 g/mol. The maximum absolute atomic E-state index is 13.1. The van der Waals surface area contributed by atoms with Crippen LogP contribution >= 0.6 is 0 Å². The Balaban J connectivity index is 2.16.